The Labute approximate surface area is 144 Å². The Bertz CT molecular complexity index is 850. The fourth-order valence-electron chi connectivity index (χ4n) is 3.37. The van der Waals surface area contributed by atoms with Crippen molar-refractivity contribution in [3.8, 4) is 10.6 Å². The molecule has 5 rings (SSSR count). The molecule has 0 amide bonds. The fourth-order valence-corrected chi connectivity index (χ4v) is 4.12. The third kappa shape index (κ3) is 2.65. The third-order valence-electron chi connectivity index (χ3n) is 4.85. The monoisotopic (exact) mass is 337 g/mol. The van der Waals surface area contributed by atoms with Gasteiger partial charge in [0.15, 0.2) is 0 Å². The summed E-state index contributed by atoms with van der Waals surface area (Å²) in [6.45, 7) is 2.88. The van der Waals surface area contributed by atoms with E-state index in [9.17, 15) is 0 Å². The lowest BCUT2D eigenvalue weighted by atomic mass is 10.1. The number of aromatic amines is 1. The molecule has 0 bridgehead atoms. The molecule has 122 valence electrons. The van der Waals surface area contributed by atoms with E-state index >= 15 is 0 Å². The first kappa shape index (κ1) is 14.3. The smallest absolute Gasteiger partial charge is 0.131 e. The highest BCUT2D eigenvalue weighted by molar-refractivity contribution is 7.13. The van der Waals surface area contributed by atoms with Gasteiger partial charge in [0.05, 0.1) is 16.8 Å². The Hall–Kier alpha value is -2.05. The standard InChI is InChI=1S/C18H19N5S/c1-2-16(24-7-1)17-14(9-20-22-17)11-23-6-5-15-13(10-23)8-19-18(21-15)12-3-4-12/h1-2,7-9,12H,3-6,10-11H2,(H,20,22). The molecule has 3 aromatic rings. The van der Waals surface area contributed by atoms with Crippen molar-refractivity contribution in [2.24, 2.45) is 0 Å². The number of fused-ring (bicyclic) bond motifs is 1. The molecule has 1 saturated carbocycles. The molecule has 0 radical (unpaired) electrons. The summed E-state index contributed by atoms with van der Waals surface area (Å²) in [5.74, 6) is 1.70. The Morgan fingerprint density at radius 3 is 3.08 bits per heavy atom. The van der Waals surface area contributed by atoms with Crippen LogP contribution in [0.4, 0.5) is 0 Å². The molecule has 6 heteroatoms. The topological polar surface area (TPSA) is 57.7 Å². The summed E-state index contributed by atoms with van der Waals surface area (Å²) in [5, 5.41) is 9.51. The molecule has 1 aliphatic heterocycles. The lowest BCUT2D eigenvalue weighted by Crippen LogP contribution is -2.31. The lowest BCUT2D eigenvalue weighted by molar-refractivity contribution is 0.243. The van der Waals surface area contributed by atoms with E-state index in [0.29, 0.717) is 5.92 Å². The number of hydrogen-bond acceptors (Lipinski definition) is 5. The first-order valence-corrected chi connectivity index (χ1v) is 9.38. The highest BCUT2D eigenvalue weighted by Gasteiger charge is 2.28. The molecule has 1 fully saturated rings. The van der Waals surface area contributed by atoms with E-state index in [1.54, 1.807) is 11.3 Å². The van der Waals surface area contributed by atoms with Gasteiger partial charge in [-0.15, -0.1) is 11.3 Å². The van der Waals surface area contributed by atoms with Gasteiger partial charge >= 0.3 is 0 Å². The Balaban J connectivity index is 1.34. The van der Waals surface area contributed by atoms with Crippen LogP contribution in [0.5, 0.6) is 0 Å². The lowest BCUT2D eigenvalue weighted by Gasteiger charge is -2.28. The van der Waals surface area contributed by atoms with Crippen LogP contribution in [0.15, 0.2) is 29.9 Å². The van der Waals surface area contributed by atoms with Gasteiger partial charge in [-0.1, -0.05) is 6.07 Å². The van der Waals surface area contributed by atoms with Crippen molar-refractivity contribution in [3.63, 3.8) is 0 Å². The first-order valence-electron chi connectivity index (χ1n) is 8.50. The van der Waals surface area contributed by atoms with Gasteiger partial charge in [-0.25, -0.2) is 9.97 Å². The summed E-state index contributed by atoms with van der Waals surface area (Å²) < 4.78 is 0. The molecule has 1 N–H and O–H groups in total. The van der Waals surface area contributed by atoms with Gasteiger partial charge in [0, 0.05) is 55.0 Å². The predicted octanol–water partition coefficient (Wildman–Crippen LogP) is 3.36. The average Bonchev–Trinajstić information content (AvgIpc) is 3.12. The number of H-pyrrole nitrogens is 1. The van der Waals surface area contributed by atoms with E-state index in [1.807, 2.05) is 6.20 Å². The van der Waals surface area contributed by atoms with Crippen LogP contribution < -0.4 is 0 Å². The minimum atomic E-state index is 0.632. The van der Waals surface area contributed by atoms with Crippen molar-refractivity contribution in [2.45, 2.75) is 38.3 Å². The molecule has 4 heterocycles. The molecule has 3 aromatic heterocycles. The normalized spacial score (nSPS) is 17.8. The highest BCUT2D eigenvalue weighted by atomic mass is 32.1. The maximum atomic E-state index is 4.81. The molecule has 0 aromatic carbocycles. The molecule has 0 saturated heterocycles. The Morgan fingerprint density at radius 2 is 2.25 bits per heavy atom. The van der Waals surface area contributed by atoms with Crippen LogP contribution in [0.3, 0.4) is 0 Å². The molecule has 2 aliphatic rings. The zero-order valence-electron chi connectivity index (χ0n) is 13.4. The quantitative estimate of drug-likeness (QED) is 0.793. The number of nitrogens with one attached hydrogen (secondary N) is 1. The second-order valence-electron chi connectivity index (χ2n) is 6.68. The minimum absolute atomic E-state index is 0.632. The first-order chi connectivity index (χ1) is 11.9. The van der Waals surface area contributed by atoms with Crippen molar-refractivity contribution in [3.05, 3.63) is 52.6 Å². The van der Waals surface area contributed by atoms with E-state index in [0.717, 1.165) is 37.6 Å². The molecule has 0 atom stereocenters. The summed E-state index contributed by atoms with van der Waals surface area (Å²) in [7, 11) is 0. The predicted molar refractivity (Wildman–Crippen MR) is 93.7 cm³/mol. The number of aromatic nitrogens is 4. The van der Waals surface area contributed by atoms with Crippen LogP contribution in [0, 0.1) is 0 Å². The van der Waals surface area contributed by atoms with E-state index in [4.69, 9.17) is 4.98 Å². The molecule has 24 heavy (non-hydrogen) atoms. The van der Waals surface area contributed by atoms with Crippen LogP contribution in [0.2, 0.25) is 0 Å². The van der Waals surface area contributed by atoms with Gasteiger partial charge in [-0.3, -0.25) is 10.00 Å². The third-order valence-corrected chi connectivity index (χ3v) is 5.74. The van der Waals surface area contributed by atoms with Crippen molar-refractivity contribution < 1.29 is 0 Å². The summed E-state index contributed by atoms with van der Waals surface area (Å²) in [5.41, 5.74) is 4.95. The van der Waals surface area contributed by atoms with E-state index in [2.05, 4.69) is 43.8 Å². The largest absolute Gasteiger partial charge is 0.294 e. The summed E-state index contributed by atoms with van der Waals surface area (Å²) >= 11 is 1.75. The molecular formula is C18H19N5S. The zero-order valence-corrected chi connectivity index (χ0v) is 14.2. The number of thiophene rings is 1. The second kappa shape index (κ2) is 5.79. The van der Waals surface area contributed by atoms with Crippen LogP contribution in [0.1, 0.15) is 41.4 Å². The zero-order chi connectivity index (χ0) is 15.9. The van der Waals surface area contributed by atoms with Crippen molar-refractivity contribution >= 4 is 11.3 Å². The van der Waals surface area contributed by atoms with E-state index in [1.165, 1.54) is 34.5 Å². The van der Waals surface area contributed by atoms with Crippen molar-refractivity contribution in [1.82, 2.24) is 25.1 Å². The van der Waals surface area contributed by atoms with E-state index < -0.39 is 0 Å². The SMILES string of the molecule is c1csc(-c2[nH]ncc2CN2CCc3nc(C4CC4)ncc3C2)c1. The molecule has 0 spiro atoms. The maximum Gasteiger partial charge on any atom is 0.131 e. The van der Waals surface area contributed by atoms with Crippen LogP contribution >= 0.6 is 11.3 Å². The van der Waals surface area contributed by atoms with Crippen LogP contribution in [-0.2, 0) is 19.5 Å². The molecule has 1 aliphatic carbocycles. The summed E-state index contributed by atoms with van der Waals surface area (Å²) in [4.78, 5) is 13.1. The fraction of sp³-hybridized carbons (Fsp3) is 0.389. The van der Waals surface area contributed by atoms with Gasteiger partial charge in [-0.2, -0.15) is 5.10 Å². The van der Waals surface area contributed by atoms with Crippen molar-refractivity contribution in [1.29, 1.82) is 0 Å². The Kier molecular flexibility index (Phi) is 3.45. The molecular weight excluding hydrogens is 318 g/mol. The number of rotatable bonds is 4. The van der Waals surface area contributed by atoms with Crippen LogP contribution in [-0.4, -0.2) is 31.6 Å². The van der Waals surface area contributed by atoms with Gasteiger partial charge in [0.2, 0.25) is 0 Å². The maximum absolute atomic E-state index is 4.81. The van der Waals surface area contributed by atoms with Gasteiger partial charge in [0.1, 0.15) is 5.82 Å². The number of hydrogen-bond donors (Lipinski definition) is 1. The van der Waals surface area contributed by atoms with Gasteiger partial charge in [0.25, 0.3) is 0 Å². The van der Waals surface area contributed by atoms with Crippen LogP contribution in [0.25, 0.3) is 10.6 Å². The highest BCUT2D eigenvalue weighted by Crippen LogP contribution is 2.38. The summed E-state index contributed by atoms with van der Waals surface area (Å²) in [6, 6.07) is 4.22. The van der Waals surface area contributed by atoms with E-state index in [-0.39, 0.29) is 0 Å². The molecule has 5 nitrogen and oxygen atoms in total. The molecule has 0 unspecified atom stereocenters. The van der Waals surface area contributed by atoms with Crippen molar-refractivity contribution in [2.75, 3.05) is 6.54 Å². The van der Waals surface area contributed by atoms with Gasteiger partial charge < -0.3 is 0 Å². The average molecular weight is 337 g/mol. The second-order valence-corrected chi connectivity index (χ2v) is 7.63. The summed E-state index contributed by atoms with van der Waals surface area (Å²) in [6.07, 6.45) is 7.55. The minimum Gasteiger partial charge on any atom is -0.294 e. The Morgan fingerprint density at radius 1 is 1.29 bits per heavy atom. The van der Waals surface area contributed by atoms with Gasteiger partial charge in [-0.05, 0) is 24.3 Å². The number of nitrogens with zero attached hydrogens (tertiary/aromatic N) is 4.